The van der Waals surface area contributed by atoms with Gasteiger partial charge in [0.15, 0.2) is 0 Å². The van der Waals surface area contributed by atoms with Gasteiger partial charge in [-0.2, -0.15) is 0 Å². The van der Waals surface area contributed by atoms with Gasteiger partial charge in [0.05, 0.1) is 0 Å². The van der Waals surface area contributed by atoms with Crippen molar-refractivity contribution in [2.45, 2.75) is 38.2 Å². The quantitative estimate of drug-likeness (QED) is 0.843. The number of halogens is 1. The maximum absolute atomic E-state index is 12.4. The lowest BCUT2D eigenvalue weighted by Crippen LogP contribution is -2.42. The van der Waals surface area contributed by atoms with E-state index in [0.717, 1.165) is 57.7 Å². The van der Waals surface area contributed by atoms with E-state index < -0.39 is 0 Å². The third-order valence-corrected chi connectivity index (χ3v) is 4.88. The van der Waals surface area contributed by atoms with Crippen molar-refractivity contribution in [3.05, 3.63) is 29.3 Å². The molecule has 1 aromatic rings. The third kappa shape index (κ3) is 4.85. The van der Waals surface area contributed by atoms with Gasteiger partial charge in [-0.25, -0.2) is 0 Å². The number of hydrogen-bond donors (Lipinski definition) is 0. The molecule has 0 aliphatic carbocycles. The minimum atomic E-state index is 0.179. The van der Waals surface area contributed by atoms with Crippen molar-refractivity contribution in [3.63, 3.8) is 0 Å². The van der Waals surface area contributed by atoms with Gasteiger partial charge in [-0.15, -0.1) is 0 Å². The summed E-state index contributed by atoms with van der Waals surface area (Å²) in [6.45, 7) is 3.15. The van der Waals surface area contributed by atoms with Crippen molar-refractivity contribution in [3.8, 4) is 5.75 Å². The molecule has 1 aromatic carbocycles. The van der Waals surface area contributed by atoms with E-state index >= 15 is 0 Å². The molecule has 126 valence electrons. The first-order valence-corrected chi connectivity index (χ1v) is 8.86. The van der Waals surface area contributed by atoms with Crippen LogP contribution in [0.3, 0.4) is 0 Å². The van der Waals surface area contributed by atoms with Gasteiger partial charge in [0.25, 0.3) is 0 Å². The Kier molecular flexibility index (Phi) is 5.79. The minimum Gasteiger partial charge on any atom is -0.490 e. The van der Waals surface area contributed by atoms with Gasteiger partial charge < -0.3 is 14.4 Å². The molecular weight excluding hydrogens is 314 g/mol. The first kappa shape index (κ1) is 16.6. The van der Waals surface area contributed by atoms with Gasteiger partial charge in [-0.05, 0) is 43.0 Å². The molecule has 5 heteroatoms. The van der Waals surface area contributed by atoms with Crippen LogP contribution in [0.1, 0.15) is 32.1 Å². The molecule has 0 radical (unpaired) electrons. The Balaban J connectivity index is 1.42. The number of carbonyl (C=O) groups is 1. The summed E-state index contributed by atoms with van der Waals surface area (Å²) in [5.41, 5.74) is 0. The number of hydrogen-bond acceptors (Lipinski definition) is 3. The summed E-state index contributed by atoms with van der Waals surface area (Å²) in [5.74, 6) is 1.52. The highest BCUT2D eigenvalue weighted by atomic mass is 35.5. The van der Waals surface area contributed by atoms with Crippen molar-refractivity contribution in [2.24, 2.45) is 5.92 Å². The summed E-state index contributed by atoms with van der Waals surface area (Å²) >= 11 is 5.88. The highest BCUT2D eigenvalue weighted by molar-refractivity contribution is 6.30. The monoisotopic (exact) mass is 337 g/mol. The zero-order valence-electron chi connectivity index (χ0n) is 13.4. The highest BCUT2D eigenvalue weighted by Gasteiger charge is 2.26. The average Bonchev–Trinajstić information content (AvgIpc) is 2.58. The summed E-state index contributed by atoms with van der Waals surface area (Å²) in [5, 5.41) is 0.712. The van der Waals surface area contributed by atoms with Crippen molar-refractivity contribution < 1.29 is 14.3 Å². The molecule has 2 aliphatic rings. The summed E-state index contributed by atoms with van der Waals surface area (Å²) in [6.07, 6.45) is 4.77. The Labute approximate surface area is 142 Å². The molecule has 1 atom stereocenters. The summed E-state index contributed by atoms with van der Waals surface area (Å²) in [7, 11) is 0. The van der Waals surface area contributed by atoms with Crippen LogP contribution in [0.5, 0.6) is 5.75 Å². The van der Waals surface area contributed by atoms with Crippen LogP contribution in [-0.4, -0.2) is 43.2 Å². The fourth-order valence-corrected chi connectivity index (χ4v) is 3.40. The van der Waals surface area contributed by atoms with E-state index in [9.17, 15) is 4.79 Å². The van der Waals surface area contributed by atoms with E-state index in [4.69, 9.17) is 21.1 Å². The molecule has 2 fully saturated rings. The number of ether oxygens (including phenoxy) is 2. The molecule has 3 rings (SSSR count). The predicted octanol–water partition coefficient (Wildman–Crippen LogP) is 3.53. The van der Waals surface area contributed by atoms with Crippen LogP contribution in [0.2, 0.25) is 5.02 Å². The fourth-order valence-electron chi connectivity index (χ4n) is 3.27. The van der Waals surface area contributed by atoms with Gasteiger partial charge in [0.1, 0.15) is 11.9 Å². The van der Waals surface area contributed by atoms with E-state index in [2.05, 4.69) is 0 Å². The molecular formula is C18H24ClNO3. The molecule has 2 aliphatic heterocycles. The van der Waals surface area contributed by atoms with Crippen LogP contribution in [0.4, 0.5) is 0 Å². The van der Waals surface area contributed by atoms with Crippen LogP contribution >= 0.6 is 11.6 Å². The van der Waals surface area contributed by atoms with E-state index in [-0.39, 0.29) is 12.0 Å². The first-order valence-electron chi connectivity index (χ1n) is 8.48. The average molecular weight is 338 g/mol. The van der Waals surface area contributed by atoms with E-state index in [1.165, 1.54) is 0 Å². The maximum atomic E-state index is 12.4. The SMILES string of the molecule is O=C(C[C@H]1CCCOC1)N1CCC(Oc2ccc(Cl)cc2)CC1. The Morgan fingerprint density at radius 2 is 1.96 bits per heavy atom. The summed E-state index contributed by atoms with van der Waals surface area (Å²) in [4.78, 5) is 14.4. The second-order valence-electron chi connectivity index (χ2n) is 6.44. The zero-order chi connectivity index (χ0) is 16.1. The number of nitrogens with zero attached hydrogens (tertiary/aromatic N) is 1. The van der Waals surface area contributed by atoms with Gasteiger partial charge >= 0.3 is 0 Å². The molecule has 4 nitrogen and oxygen atoms in total. The maximum Gasteiger partial charge on any atom is 0.222 e. The Hall–Kier alpha value is -1.26. The number of benzene rings is 1. The molecule has 2 heterocycles. The molecule has 0 bridgehead atoms. The molecule has 0 spiro atoms. The van der Waals surface area contributed by atoms with Gasteiger partial charge in [-0.1, -0.05) is 11.6 Å². The second kappa shape index (κ2) is 8.02. The second-order valence-corrected chi connectivity index (χ2v) is 6.88. The van der Waals surface area contributed by atoms with Crippen LogP contribution in [-0.2, 0) is 9.53 Å². The topological polar surface area (TPSA) is 38.8 Å². The van der Waals surface area contributed by atoms with Gasteiger partial charge in [0.2, 0.25) is 5.91 Å². The lowest BCUT2D eigenvalue weighted by atomic mass is 9.97. The number of carbonyl (C=O) groups excluding carboxylic acids is 1. The van der Waals surface area contributed by atoms with Crippen molar-refractivity contribution >= 4 is 17.5 Å². The molecule has 0 unspecified atom stereocenters. The number of piperidine rings is 1. The third-order valence-electron chi connectivity index (χ3n) is 4.63. The smallest absolute Gasteiger partial charge is 0.222 e. The molecule has 1 amide bonds. The van der Waals surface area contributed by atoms with E-state index in [1.807, 2.05) is 29.2 Å². The molecule has 23 heavy (non-hydrogen) atoms. The van der Waals surface area contributed by atoms with Crippen LogP contribution < -0.4 is 4.74 Å². The van der Waals surface area contributed by atoms with E-state index in [1.54, 1.807) is 0 Å². The predicted molar refractivity (Wildman–Crippen MR) is 89.8 cm³/mol. The van der Waals surface area contributed by atoms with Crippen molar-refractivity contribution in [1.82, 2.24) is 4.90 Å². The normalized spacial score (nSPS) is 22.8. The number of amides is 1. The largest absolute Gasteiger partial charge is 0.490 e. The molecule has 0 N–H and O–H groups in total. The Morgan fingerprint density at radius 1 is 1.22 bits per heavy atom. The Morgan fingerprint density at radius 3 is 2.61 bits per heavy atom. The molecule has 0 saturated carbocycles. The van der Waals surface area contributed by atoms with E-state index in [0.29, 0.717) is 17.4 Å². The summed E-state index contributed by atoms with van der Waals surface area (Å²) < 4.78 is 11.4. The van der Waals surface area contributed by atoms with Crippen LogP contribution in [0, 0.1) is 5.92 Å². The minimum absolute atomic E-state index is 0.179. The molecule has 0 aromatic heterocycles. The van der Waals surface area contributed by atoms with Crippen LogP contribution in [0.25, 0.3) is 0 Å². The number of likely N-dealkylation sites (tertiary alicyclic amines) is 1. The van der Waals surface area contributed by atoms with Gasteiger partial charge in [-0.3, -0.25) is 4.79 Å². The number of rotatable bonds is 4. The lowest BCUT2D eigenvalue weighted by molar-refractivity contribution is -0.135. The van der Waals surface area contributed by atoms with Gasteiger partial charge in [0, 0.05) is 50.6 Å². The lowest BCUT2D eigenvalue weighted by Gasteiger charge is -2.33. The summed E-state index contributed by atoms with van der Waals surface area (Å²) in [6, 6.07) is 7.45. The van der Waals surface area contributed by atoms with Crippen LogP contribution in [0.15, 0.2) is 24.3 Å². The highest BCUT2D eigenvalue weighted by Crippen LogP contribution is 2.23. The Bertz CT molecular complexity index is 506. The zero-order valence-corrected chi connectivity index (χ0v) is 14.1. The fraction of sp³-hybridized carbons (Fsp3) is 0.611. The standard InChI is InChI=1S/C18H24ClNO3/c19-15-3-5-16(6-4-15)23-17-7-9-20(10-8-17)18(21)12-14-2-1-11-22-13-14/h3-6,14,17H,1-2,7-13H2/t14-/m1/s1. The first-order chi connectivity index (χ1) is 11.2. The molecule has 2 saturated heterocycles. The van der Waals surface area contributed by atoms with Crippen molar-refractivity contribution in [2.75, 3.05) is 26.3 Å². The van der Waals surface area contributed by atoms with Crippen molar-refractivity contribution in [1.29, 1.82) is 0 Å².